The molecule has 7 fully saturated rings. The Hall–Kier alpha value is 2.37. The Kier molecular flexibility index (Phi) is 72.3. The molecular formula is C70H105N5Na8O54S7. The zero-order chi connectivity index (χ0) is 100. The SMILES string of the molecule is CO[C@H]1O[C@H](COS(=O)(=O)[O-])[C@@H](O[C@@H]2O[C@@H](C(=O)[O-])[C@@H](O[C@H]3O[C@H](COS(=O)(=O)[O-])[C@@H](O[C@@H]4O[C@H](C(=O)[O-])[C@@H](O[C@H]5O[C@H](COS(=O)(=O)[O-])[C@@H](OCCOCCOCCOCCN[13C](=O)[13C@H]([13CH2][13CH2][13CH2][13CH2][15NH]C(=O)CCCC[C@@H]6SC[C@@H]7NC(=O)N[C@@H]76)[15NH]C(=O)OCc6ccccc6)[C@H](OC)[C@H]5OC)[C@H](OC)[C@H]4OC)[C@H](OS(=O)(=O)[O-])[C@H]3OS(=O)(=O)[O-])[C@H](OC)[C@H]2OC)[C@H](OC)[C@H]1OS(=O)(=O)[O-].[Na+].[Na+].[Na+].[Na+].[Na+].[Na+].[Na+].[Na+]. The Morgan fingerprint density at radius 3 is 1.26 bits per heavy atom. The van der Waals surface area contributed by atoms with Gasteiger partial charge in [0.2, 0.25) is 74.2 Å². The van der Waals surface area contributed by atoms with Crippen molar-refractivity contribution in [2.45, 2.75) is 228 Å². The number of urea groups is 1. The summed E-state index contributed by atoms with van der Waals surface area (Å²) in [4.78, 5) is 77.5. The van der Waals surface area contributed by atoms with Crippen LogP contribution in [-0.2, 0) is 217 Å². The number of aliphatic carboxylic acids is 2. The van der Waals surface area contributed by atoms with E-state index in [1.807, 2.05) is 0 Å². The van der Waals surface area contributed by atoms with Gasteiger partial charge in [0.05, 0.1) is 90.1 Å². The number of rotatable bonds is 60. The van der Waals surface area contributed by atoms with E-state index in [-0.39, 0.29) is 332 Å². The molecule has 0 bridgehead atoms. The van der Waals surface area contributed by atoms with Crippen LogP contribution in [0.4, 0.5) is 9.59 Å². The van der Waals surface area contributed by atoms with Crippen LogP contribution in [0.1, 0.15) is 50.5 Å². The number of amides is 5. The maximum absolute atomic E-state index is 13.5. The first-order chi connectivity index (χ1) is 64.1. The molecule has 1 aromatic rings. The van der Waals surface area contributed by atoms with Crippen LogP contribution in [0.3, 0.4) is 0 Å². The molecule has 0 radical (unpaired) electrons. The Bertz CT molecular complexity index is 4710. The van der Waals surface area contributed by atoms with Crippen LogP contribution in [0.2, 0.25) is 0 Å². The van der Waals surface area contributed by atoms with Crippen molar-refractivity contribution in [3.8, 4) is 0 Å². The van der Waals surface area contributed by atoms with Crippen molar-refractivity contribution in [3.63, 3.8) is 0 Å². The summed E-state index contributed by atoms with van der Waals surface area (Å²) in [6.45, 7) is -4.81. The fourth-order valence-electron chi connectivity index (χ4n) is 15.5. The van der Waals surface area contributed by atoms with Gasteiger partial charge in [0.25, 0.3) is 0 Å². The molecule has 74 heteroatoms. The largest absolute Gasteiger partial charge is 1.00 e. The van der Waals surface area contributed by atoms with Crippen LogP contribution >= 0.6 is 11.8 Å². The molecule has 8 rings (SSSR count). The number of carbonyl (C=O) groups is 6. The van der Waals surface area contributed by atoms with Gasteiger partial charge in [0.15, 0.2) is 43.7 Å². The zero-order valence-electron chi connectivity index (χ0n) is 81.4. The van der Waals surface area contributed by atoms with Gasteiger partial charge in [0.1, 0.15) is 123 Å². The zero-order valence-corrected chi connectivity index (χ0v) is 103. The minimum absolute atomic E-state index is 0. The summed E-state index contributed by atoms with van der Waals surface area (Å²) in [5.74, 6) is -4.59. The molecule has 7 aliphatic heterocycles. The molecule has 0 saturated carbocycles. The predicted octanol–water partition coefficient (Wildman–Crippen LogP) is -33.7. The van der Waals surface area contributed by atoms with Gasteiger partial charge in [-0.1, -0.05) is 36.8 Å². The van der Waals surface area contributed by atoms with E-state index in [0.717, 1.165) is 75.5 Å². The summed E-state index contributed by atoms with van der Waals surface area (Å²) in [7, 11) is -29.2. The van der Waals surface area contributed by atoms with Crippen molar-refractivity contribution in [2.75, 3.05) is 142 Å². The summed E-state index contributed by atoms with van der Waals surface area (Å²) in [5.41, 5.74) is 0.715. The number of alkyl carbamates (subject to hydrolysis) is 1. The number of unbranched alkanes of at least 4 members (excludes halogenated alkanes) is 2. The second-order valence-corrected chi connectivity index (χ2v) is 37.5. The first kappa shape index (κ1) is 146. The molecule has 7 aliphatic rings. The Morgan fingerprint density at radius 2 is 0.819 bits per heavy atom. The summed E-state index contributed by atoms with van der Waals surface area (Å²) in [5, 5.41) is 41.2. The average molecular weight is 2300 g/mol. The minimum Gasteiger partial charge on any atom is -0.726 e. The Balaban J connectivity index is 0.0000256. The van der Waals surface area contributed by atoms with Gasteiger partial charge < -0.3 is 178 Å². The minimum atomic E-state index is -6.52. The molecule has 0 aromatic heterocycles. The Morgan fingerprint density at radius 1 is 0.424 bits per heavy atom. The molecule has 5 N–H and O–H groups in total. The van der Waals surface area contributed by atoms with Crippen molar-refractivity contribution in [2.24, 2.45) is 0 Å². The fourth-order valence-corrected chi connectivity index (χ4v) is 19.4. The smallest absolute Gasteiger partial charge is 0.726 e. The molecule has 5 amide bonds. The molecule has 29 atom stereocenters. The number of thioether (sulfide) groups is 1. The van der Waals surface area contributed by atoms with Crippen LogP contribution < -0.4 is 273 Å². The second-order valence-electron chi connectivity index (χ2n) is 30.1. The van der Waals surface area contributed by atoms with Gasteiger partial charge in [-0.15, -0.1) is 0 Å². The Labute approximate surface area is 1010 Å². The van der Waals surface area contributed by atoms with E-state index in [4.69, 9.17) is 104 Å². The average Bonchev–Trinajstić information content (AvgIpc) is 0.777. The number of fused-ring (bicyclic) bond motifs is 1. The number of carboxylic acid groups (broad SMARTS) is 2. The first-order valence-corrected chi connectivity index (χ1v) is 50.0. The maximum atomic E-state index is 13.5. The normalized spacial score (nSPS) is 30.3. The molecule has 0 unspecified atom stereocenters. The first-order valence-electron chi connectivity index (χ1n) is 41.0. The maximum Gasteiger partial charge on any atom is 1.00 e. The summed E-state index contributed by atoms with van der Waals surface area (Å²) >= 11 is 1.80. The molecule has 784 valence electrons. The number of nitrogens with one attached hydrogen (secondary N) is 5. The van der Waals surface area contributed by atoms with Gasteiger partial charge >= 0.3 is 249 Å². The van der Waals surface area contributed by atoms with E-state index in [2.05, 4.69) is 51.7 Å². The monoisotopic (exact) mass is 2300 g/mol. The van der Waals surface area contributed by atoms with Gasteiger partial charge in [0, 0.05) is 87.4 Å². The number of carbonyl (C=O) groups excluding carboxylic acids is 6. The summed E-state index contributed by atoms with van der Waals surface area (Å²) < 4.78 is 373. The van der Waals surface area contributed by atoms with Crippen LogP contribution in [0.15, 0.2) is 30.3 Å². The predicted molar refractivity (Wildman–Crippen MR) is 426 cm³/mol. The van der Waals surface area contributed by atoms with Crippen LogP contribution in [0, 0.1) is 0 Å². The molecule has 144 heavy (non-hydrogen) atoms. The van der Waals surface area contributed by atoms with Crippen molar-refractivity contribution >= 4 is 110 Å². The second kappa shape index (κ2) is 71.1. The number of carboxylic acids is 2. The number of ether oxygens (including phenoxy) is 22. The molecule has 7 heterocycles. The van der Waals surface area contributed by atoms with Crippen molar-refractivity contribution in [1.29, 1.82) is 0 Å². The molecule has 59 nitrogen and oxygen atoms in total. The number of benzene rings is 1. The van der Waals surface area contributed by atoms with Crippen molar-refractivity contribution < 1.29 is 483 Å². The summed E-state index contributed by atoms with van der Waals surface area (Å²) in [6.07, 6.45) is -55.8. The van der Waals surface area contributed by atoms with Crippen LogP contribution in [0.5, 0.6) is 0 Å². The number of hydrogen-bond donors (Lipinski definition) is 5. The van der Waals surface area contributed by atoms with E-state index in [1.165, 1.54) is 0 Å². The molecular weight excluding hydrogens is 2190 g/mol. The van der Waals surface area contributed by atoms with Gasteiger partial charge in [-0.25, -0.2) is 60.1 Å². The van der Waals surface area contributed by atoms with Crippen molar-refractivity contribution in [1.82, 2.24) is 26.6 Å². The summed E-state index contributed by atoms with van der Waals surface area (Å²) in [6, 6.07) is 7.87. The molecule has 1 aromatic carbocycles. The number of hydrogen-bond acceptors (Lipinski definition) is 55. The quantitative estimate of drug-likeness (QED) is 0.00769. The van der Waals surface area contributed by atoms with E-state index in [1.54, 1.807) is 42.1 Å². The van der Waals surface area contributed by atoms with E-state index in [0.29, 0.717) is 37.8 Å². The topological polar surface area (TPSA) is 810 Å². The van der Waals surface area contributed by atoms with Gasteiger partial charge in [-0.05, 0) is 37.7 Å². The van der Waals surface area contributed by atoms with Gasteiger partial charge in [-0.2, -0.15) is 11.8 Å². The third kappa shape index (κ3) is 48.1. The van der Waals surface area contributed by atoms with E-state index in [9.17, 15) is 117 Å². The molecule has 0 spiro atoms. The fraction of sp³-hybridized carbons (Fsp3) is 0.829. The van der Waals surface area contributed by atoms with E-state index >= 15 is 0 Å². The third-order valence-electron chi connectivity index (χ3n) is 21.3. The molecule has 7 saturated heterocycles. The van der Waals surface area contributed by atoms with Crippen LogP contribution in [-0.4, -0.2) is 432 Å². The van der Waals surface area contributed by atoms with Crippen LogP contribution in [0.25, 0.3) is 0 Å². The van der Waals surface area contributed by atoms with Crippen molar-refractivity contribution in [3.05, 3.63) is 35.9 Å². The van der Waals surface area contributed by atoms with Gasteiger partial charge in [-0.3, -0.25) is 34.7 Å². The van der Waals surface area contributed by atoms with E-state index < -0.39 is 266 Å². The standard InChI is InChI=1S/C70H113N5O54S7.8Na/c1-102-47-44(113-29-28-112-27-26-111-25-24-110-23-22-72-61(77)36(74-70(83)114-30-35-16-10-9-11-17-35)18-14-15-21-71-42(76)20-13-12-19-41-43-37(34-130-41)73-69(82)75-43)38(31-115-131(84,85)86)119-65(56(47)106-5)123-51-49(104-3)58(108-7)67(126-54(51)62(78)79)122-46-40(33-117-133(90,91)92)120-68(60(129-136(99,100)101)53(46)127-134(93,94)95)124-52-50(105-4)57(107-6)66(125-55(52)63(80)81)121-45-39(32-116-132(87,88)89)118-64(109-8)59(48(45)103-2)128-135(96,97)98;;;;;;;;/h9-11,16-17,36-41,43-60,64-68H,12-15,18-34H2,1-8H3,(H,71,76)(H,72,77)(H,74,83)(H,78,79)(H,80,81)(H2,73,75,82)(H,84,85,86)(H,87,88,89)(H,90,91,92)(H,93,94,95)(H,96,97,98)(H,99,100,101);;;;;;;;/q;8*+1/p-8/t36-,37-,38+,39+,40+,41-,43-,44+,45+,46+,47-,48-,49-,50-,51-,52-,53-,54-,55+,56+,57+,58+,59+,60+,64-,65+,66+,67+,68+;;;;;;;;/m0......../s1/i14+1,15+1,18+1,21+1,36+1,61+1,71+1,74+1;;;;;;;;. The third-order valence-corrected chi connectivity index (χ3v) is 25.5. The number of methoxy groups -OCH3 is 8. The molecule has 0 aliphatic carbocycles.